The van der Waals surface area contributed by atoms with Gasteiger partial charge in [0.2, 0.25) is 0 Å². The van der Waals surface area contributed by atoms with Crippen LogP contribution in [0.4, 0.5) is 0 Å². The number of nitrogens with one attached hydrogen (secondary N) is 1. The molecule has 0 atom stereocenters. The third-order valence-electron chi connectivity index (χ3n) is 5.90. The summed E-state index contributed by atoms with van der Waals surface area (Å²) in [5, 5.41) is 2.47. The number of fused-ring (bicyclic) bond motifs is 3. The zero-order chi connectivity index (χ0) is 20.3. The SMILES string of the molecule is CCCCCc1cnc2[nH]c3ccc(-c4ccc(-c5ccccc5)cc4)cc3c2c1. The van der Waals surface area contributed by atoms with E-state index in [1.807, 2.05) is 6.20 Å². The normalized spacial score (nSPS) is 11.4. The standard InChI is InChI=1S/C28H26N2/c1-2-3-5-8-20-17-26-25-18-24(15-16-27(25)30-28(26)29-19-20)23-13-11-22(12-14-23)21-9-6-4-7-10-21/h4,6-7,9-19H,2-3,5,8H2,1H3,(H,29,30). The van der Waals surface area contributed by atoms with E-state index >= 15 is 0 Å². The van der Waals surface area contributed by atoms with Crippen LogP contribution in [0.1, 0.15) is 31.7 Å². The molecule has 0 aliphatic rings. The molecule has 0 saturated carbocycles. The van der Waals surface area contributed by atoms with E-state index < -0.39 is 0 Å². The number of aromatic amines is 1. The lowest BCUT2D eigenvalue weighted by molar-refractivity contribution is 0.716. The summed E-state index contributed by atoms with van der Waals surface area (Å²) in [5.74, 6) is 0. The van der Waals surface area contributed by atoms with Gasteiger partial charge >= 0.3 is 0 Å². The van der Waals surface area contributed by atoms with Crippen LogP contribution in [-0.4, -0.2) is 9.97 Å². The second-order valence-electron chi connectivity index (χ2n) is 8.03. The van der Waals surface area contributed by atoms with Crippen molar-refractivity contribution in [1.82, 2.24) is 9.97 Å². The van der Waals surface area contributed by atoms with Crippen molar-refractivity contribution in [2.24, 2.45) is 0 Å². The number of hydrogen-bond acceptors (Lipinski definition) is 1. The molecule has 148 valence electrons. The van der Waals surface area contributed by atoms with Crippen molar-refractivity contribution < 1.29 is 0 Å². The first-order valence-electron chi connectivity index (χ1n) is 10.9. The highest BCUT2D eigenvalue weighted by Gasteiger charge is 2.09. The van der Waals surface area contributed by atoms with Gasteiger partial charge in [-0.15, -0.1) is 0 Å². The van der Waals surface area contributed by atoms with Crippen molar-refractivity contribution in [2.75, 3.05) is 0 Å². The fraction of sp³-hybridized carbons (Fsp3) is 0.179. The molecular weight excluding hydrogens is 364 g/mol. The minimum Gasteiger partial charge on any atom is -0.339 e. The first-order valence-corrected chi connectivity index (χ1v) is 10.9. The van der Waals surface area contributed by atoms with Crippen molar-refractivity contribution in [1.29, 1.82) is 0 Å². The van der Waals surface area contributed by atoms with Gasteiger partial charge < -0.3 is 4.98 Å². The summed E-state index contributed by atoms with van der Waals surface area (Å²) in [6, 6.07) is 28.3. The van der Waals surface area contributed by atoms with Gasteiger partial charge in [0.1, 0.15) is 5.65 Å². The lowest BCUT2D eigenvalue weighted by Crippen LogP contribution is -1.87. The van der Waals surface area contributed by atoms with Crippen molar-refractivity contribution >= 4 is 21.9 Å². The molecule has 2 nitrogen and oxygen atoms in total. The molecule has 0 radical (unpaired) electrons. The number of pyridine rings is 1. The Kier molecular flexibility index (Phi) is 5.06. The van der Waals surface area contributed by atoms with Gasteiger partial charge in [-0.3, -0.25) is 0 Å². The molecule has 5 rings (SSSR count). The number of rotatable bonds is 6. The summed E-state index contributed by atoms with van der Waals surface area (Å²) < 4.78 is 0. The number of H-pyrrole nitrogens is 1. The smallest absolute Gasteiger partial charge is 0.138 e. The third-order valence-corrected chi connectivity index (χ3v) is 5.90. The highest BCUT2D eigenvalue weighted by Crippen LogP contribution is 2.31. The molecular formula is C28H26N2. The fourth-order valence-electron chi connectivity index (χ4n) is 4.20. The van der Waals surface area contributed by atoms with Gasteiger partial charge in [-0.2, -0.15) is 0 Å². The molecule has 0 unspecified atom stereocenters. The van der Waals surface area contributed by atoms with E-state index in [9.17, 15) is 0 Å². The van der Waals surface area contributed by atoms with Crippen LogP contribution in [0.2, 0.25) is 0 Å². The second-order valence-corrected chi connectivity index (χ2v) is 8.03. The average molecular weight is 391 g/mol. The molecule has 2 aromatic heterocycles. The van der Waals surface area contributed by atoms with Crippen LogP contribution in [0, 0.1) is 0 Å². The van der Waals surface area contributed by atoms with Gasteiger partial charge in [-0.05, 0) is 58.9 Å². The molecule has 0 aliphatic heterocycles. The predicted molar refractivity (Wildman–Crippen MR) is 128 cm³/mol. The zero-order valence-electron chi connectivity index (χ0n) is 17.4. The number of benzene rings is 3. The number of nitrogens with zero attached hydrogens (tertiary/aromatic N) is 1. The van der Waals surface area contributed by atoms with E-state index in [0.717, 1.165) is 17.6 Å². The van der Waals surface area contributed by atoms with Crippen LogP contribution >= 0.6 is 0 Å². The van der Waals surface area contributed by atoms with E-state index in [0.29, 0.717) is 0 Å². The third kappa shape index (κ3) is 3.61. The quantitative estimate of drug-likeness (QED) is 0.295. The van der Waals surface area contributed by atoms with Crippen molar-refractivity contribution in [3.63, 3.8) is 0 Å². The first-order chi connectivity index (χ1) is 14.8. The van der Waals surface area contributed by atoms with Gasteiger partial charge in [0, 0.05) is 22.5 Å². The van der Waals surface area contributed by atoms with Crippen molar-refractivity contribution in [2.45, 2.75) is 32.6 Å². The Hall–Kier alpha value is -3.39. The summed E-state index contributed by atoms with van der Waals surface area (Å²) in [7, 11) is 0. The summed E-state index contributed by atoms with van der Waals surface area (Å²) in [4.78, 5) is 8.16. The molecule has 30 heavy (non-hydrogen) atoms. The molecule has 3 aromatic carbocycles. The lowest BCUT2D eigenvalue weighted by atomic mass is 9.99. The van der Waals surface area contributed by atoms with Gasteiger partial charge in [-0.1, -0.05) is 80.4 Å². The predicted octanol–water partition coefficient (Wildman–Crippen LogP) is 7.78. The number of unbranched alkanes of at least 4 members (excludes halogenated alkanes) is 2. The number of aromatic nitrogens is 2. The largest absolute Gasteiger partial charge is 0.339 e. The van der Waals surface area contributed by atoms with Crippen LogP contribution < -0.4 is 0 Å². The molecule has 0 saturated heterocycles. The van der Waals surface area contributed by atoms with Crippen molar-refractivity contribution in [3.8, 4) is 22.3 Å². The van der Waals surface area contributed by atoms with Gasteiger partial charge in [-0.25, -0.2) is 4.98 Å². The van der Waals surface area contributed by atoms with Gasteiger partial charge in [0.05, 0.1) is 0 Å². The van der Waals surface area contributed by atoms with Gasteiger partial charge in [0.15, 0.2) is 0 Å². The van der Waals surface area contributed by atoms with E-state index in [2.05, 4.69) is 95.8 Å². The van der Waals surface area contributed by atoms with E-state index in [1.54, 1.807) is 0 Å². The molecule has 0 fully saturated rings. The Labute approximate surface area is 177 Å². The summed E-state index contributed by atoms with van der Waals surface area (Å²) in [6.07, 6.45) is 6.87. The number of hydrogen-bond donors (Lipinski definition) is 1. The summed E-state index contributed by atoms with van der Waals surface area (Å²) in [6.45, 7) is 2.25. The molecule has 2 heteroatoms. The van der Waals surface area contributed by atoms with Crippen LogP contribution in [-0.2, 0) is 6.42 Å². The Morgan fingerprint density at radius 3 is 2.17 bits per heavy atom. The van der Waals surface area contributed by atoms with Crippen molar-refractivity contribution in [3.05, 3.63) is 90.6 Å². The molecule has 2 heterocycles. The van der Waals surface area contributed by atoms with E-state index in [1.165, 1.54) is 57.9 Å². The average Bonchev–Trinajstić information content (AvgIpc) is 3.17. The Bertz CT molecular complexity index is 1280. The van der Waals surface area contributed by atoms with Crippen LogP contribution in [0.5, 0.6) is 0 Å². The minimum absolute atomic E-state index is 0.973. The van der Waals surface area contributed by atoms with E-state index in [-0.39, 0.29) is 0 Å². The molecule has 0 spiro atoms. The zero-order valence-corrected chi connectivity index (χ0v) is 17.4. The minimum atomic E-state index is 0.973. The highest BCUT2D eigenvalue weighted by atomic mass is 14.8. The van der Waals surface area contributed by atoms with Crippen LogP contribution in [0.25, 0.3) is 44.2 Å². The van der Waals surface area contributed by atoms with E-state index in [4.69, 9.17) is 0 Å². The second kappa shape index (κ2) is 8.16. The topological polar surface area (TPSA) is 28.7 Å². The molecule has 1 N–H and O–H groups in total. The maximum Gasteiger partial charge on any atom is 0.138 e. The molecule has 0 aliphatic carbocycles. The Morgan fingerprint density at radius 1 is 0.700 bits per heavy atom. The van der Waals surface area contributed by atoms with Gasteiger partial charge in [0.25, 0.3) is 0 Å². The molecule has 0 amide bonds. The van der Waals surface area contributed by atoms with Crippen LogP contribution in [0.3, 0.4) is 0 Å². The fourth-order valence-corrected chi connectivity index (χ4v) is 4.20. The summed E-state index contributed by atoms with van der Waals surface area (Å²) in [5.41, 5.74) is 8.41. The Balaban J connectivity index is 1.50. The lowest BCUT2D eigenvalue weighted by Gasteiger charge is -2.06. The molecule has 0 bridgehead atoms. The maximum atomic E-state index is 4.69. The molecule has 5 aromatic rings. The van der Waals surface area contributed by atoms with Crippen LogP contribution in [0.15, 0.2) is 85.1 Å². The summed E-state index contributed by atoms with van der Waals surface area (Å²) >= 11 is 0. The number of aryl methyl sites for hydroxylation is 1. The monoisotopic (exact) mass is 390 g/mol. The Morgan fingerprint density at radius 2 is 1.40 bits per heavy atom. The maximum absolute atomic E-state index is 4.69. The highest BCUT2D eigenvalue weighted by molar-refractivity contribution is 6.07. The first kappa shape index (κ1) is 18.6.